The molecule has 1 N–H and O–H groups in total. The van der Waals surface area contributed by atoms with Crippen molar-refractivity contribution in [2.75, 3.05) is 23.3 Å². The van der Waals surface area contributed by atoms with Gasteiger partial charge in [-0.1, -0.05) is 0 Å². The van der Waals surface area contributed by atoms with Gasteiger partial charge in [0.25, 0.3) is 0 Å². The van der Waals surface area contributed by atoms with Crippen molar-refractivity contribution in [3.63, 3.8) is 0 Å². The quantitative estimate of drug-likeness (QED) is 0.520. The Morgan fingerprint density at radius 3 is 2.71 bits per heavy atom. The zero-order chi connectivity index (χ0) is 21.0. The zero-order valence-electron chi connectivity index (χ0n) is 16.6. The molecule has 1 amide bonds. The van der Waals surface area contributed by atoms with Crippen LogP contribution in [-0.4, -0.2) is 58.3 Å². The maximum absolute atomic E-state index is 12.9. The number of amides is 1. The Bertz CT molecular complexity index is 1160. The van der Waals surface area contributed by atoms with Gasteiger partial charge in [0.1, 0.15) is 36.4 Å². The van der Waals surface area contributed by atoms with Gasteiger partial charge in [-0.15, -0.1) is 0 Å². The maximum Gasteiger partial charge on any atom is 0.230 e. The Morgan fingerprint density at radius 2 is 1.87 bits per heavy atom. The number of hydrogen-bond acceptors (Lipinski definition) is 8. The van der Waals surface area contributed by atoms with Gasteiger partial charge in [-0.2, -0.15) is 5.10 Å². The van der Waals surface area contributed by atoms with E-state index >= 15 is 0 Å². The second-order valence-electron chi connectivity index (χ2n) is 7.19. The lowest BCUT2D eigenvalue weighted by molar-refractivity contribution is -0.120. The molecule has 4 aromatic heterocycles. The number of piperidine rings is 1. The highest BCUT2D eigenvalue weighted by Gasteiger charge is 2.27. The third kappa shape index (κ3) is 4.10. The average molecular weight is 416 g/mol. The van der Waals surface area contributed by atoms with Crippen LogP contribution in [0.25, 0.3) is 11.6 Å². The Kier molecular flexibility index (Phi) is 5.05. The van der Waals surface area contributed by atoms with Crippen molar-refractivity contribution in [1.82, 2.24) is 39.3 Å². The number of carbonyl (C=O) groups excluding carboxylic acids is 1. The van der Waals surface area contributed by atoms with Crippen molar-refractivity contribution in [3.8, 4) is 11.6 Å². The number of hydrogen-bond donors (Lipinski definition) is 1. The van der Waals surface area contributed by atoms with Crippen LogP contribution in [0.1, 0.15) is 12.8 Å². The molecule has 0 bridgehead atoms. The molecule has 0 radical (unpaired) electrons. The summed E-state index contributed by atoms with van der Waals surface area (Å²) in [6.45, 7) is 1.41. The van der Waals surface area contributed by atoms with Gasteiger partial charge in [-0.25, -0.2) is 29.6 Å². The van der Waals surface area contributed by atoms with Gasteiger partial charge in [-0.3, -0.25) is 9.36 Å². The molecule has 5 heterocycles. The monoisotopic (exact) mass is 416 g/mol. The normalized spacial score (nSPS) is 16.3. The first-order valence-electron chi connectivity index (χ1n) is 9.94. The van der Waals surface area contributed by atoms with Crippen LogP contribution in [0, 0.1) is 5.92 Å². The van der Waals surface area contributed by atoms with Crippen LogP contribution in [0.5, 0.6) is 0 Å². The molecule has 0 aromatic carbocycles. The van der Waals surface area contributed by atoms with Gasteiger partial charge < -0.3 is 10.2 Å². The predicted molar refractivity (Wildman–Crippen MR) is 112 cm³/mol. The van der Waals surface area contributed by atoms with E-state index in [1.165, 1.54) is 12.7 Å². The molecule has 11 nitrogen and oxygen atoms in total. The number of carbonyl (C=O) groups is 1. The van der Waals surface area contributed by atoms with Gasteiger partial charge in [0.15, 0.2) is 5.82 Å². The van der Waals surface area contributed by atoms with E-state index in [9.17, 15) is 4.79 Å². The number of rotatable bonds is 5. The molecule has 1 unspecified atom stereocenters. The largest absolute Gasteiger partial charge is 0.356 e. The summed E-state index contributed by atoms with van der Waals surface area (Å²) < 4.78 is 3.44. The van der Waals surface area contributed by atoms with E-state index in [0.29, 0.717) is 18.2 Å². The molecule has 11 heteroatoms. The molecule has 1 aliphatic rings. The first kappa shape index (κ1) is 18.9. The third-order valence-corrected chi connectivity index (χ3v) is 5.17. The summed E-state index contributed by atoms with van der Waals surface area (Å²) in [5.41, 5.74) is 0. The van der Waals surface area contributed by atoms with E-state index < -0.39 is 0 Å². The molecular formula is C20H20N10O. The highest BCUT2D eigenvalue weighted by molar-refractivity contribution is 5.92. The van der Waals surface area contributed by atoms with E-state index in [0.717, 1.165) is 31.0 Å². The van der Waals surface area contributed by atoms with Crippen molar-refractivity contribution in [2.45, 2.75) is 12.8 Å². The minimum Gasteiger partial charge on any atom is -0.356 e. The van der Waals surface area contributed by atoms with E-state index in [1.807, 2.05) is 22.9 Å². The first-order chi connectivity index (χ1) is 15.3. The van der Waals surface area contributed by atoms with Crippen LogP contribution >= 0.6 is 0 Å². The second kappa shape index (κ2) is 8.30. The third-order valence-electron chi connectivity index (χ3n) is 5.17. The molecule has 5 rings (SSSR count). The van der Waals surface area contributed by atoms with Crippen LogP contribution in [0.3, 0.4) is 0 Å². The fourth-order valence-corrected chi connectivity index (χ4v) is 3.62. The summed E-state index contributed by atoms with van der Waals surface area (Å²) in [7, 11) is 0. The van der Waals surface area contributed by atoms with Crippen molar-refractivity contribution in [3.05, 3.63) is 62.0 Å². The van der Waals surface area contributed by atoms with Gasteiger partial charge in [0.05, 0.1) is 5.92 Å². The molecule has 1 aliphatic heterocycles. The summed E-state index contributed by atoms with van der Waals surface area (Å²) >= 11 is 0. The number of imidazole rings is 1. The molecule has 0 spiro atoms. The SMILES string of the molecule is O=C(Nc1cc(-n2cccn2)ncn1)C1CCCN(c2cc(-n3ccnc3)ncn2)C1. The van der Waals surface area contributed by atoms with Gasteiger partial charge in [-0.05, 0) is 18.9 Å². The molecule has 1 atom stereocenters. The minimum atomic E-state index is -0.177. The van der Waals surface area contributed by atoms with Gasteiger partial charge in [0.2, 0.25) is 5.91 Å². The smallest absolute Gasteiger partial charge is 0.230 e. The highest BCUT2D eigenvalue weighted by Crippen LogP contribution is 2.23. The van der Waals surface area contributed by atoms with Gasteiger partial charge >= 0.3 is 0 Å². The molecule has 31 heavy (non-hydrogen) atoms. The van der Waals surface area contributed by atoms with E-state index in [4.69, 9.17) is 0 Å². The van der Waals surface area contributed by atoms with Crippen molar-refractivity contribution < 1.29 is 4.79 Å². The molecule has 0 saturated carbocycles. The topological polar surface area (TPSA) is 120 Å². The molecule has 1 fully saturated rings. The summed E-state index contributed by atoms with van der Waals surface area (Å²) in [6.07, 6.45) is 13.3. The highest BCUT2D eigenvalue weighted by atomic mass is 16.2. The van der Waals surface area contributed by atoms with Crippen molar-refractivity contribution >= 4 is 17.5 Å². The van der Waals surface area contributed by atoms with Crippen LogP contribution in [0.2, 0.25) is 0 Å². The fourth-order valence-electron chi connectivity index (χ4n) is 3.62. The predicted octanol–water partition coefficient (Wildman–Crippen LogP) is 1.49. The van der Waals surface area contributed by atoms with E-state index in [-0.39, 0.29) is 11.8 Å². The number of nitrogens with zero attached hydrogens (tertiary/aromatic N) is 9. The summed E-state index contributed by atoms with van der Waals surface area (Å²) in [5.74, 6) is 2.32. The van der Waals surface area contributed by atoms with Crippen LogP contribution in [-0.2, 0) is 4.79 Å². The summed E-state index contributed by atoms with van der Waals surface area (Å²) in [4.78, 5) is 36.2. The second-order valence-corrected chi connectivity index (χ2v) is 7.19. The Labute approximate surface area is 177 Å². The number of aromatic nitrogens is 8. The molecule has 156 valence electrons. The Morgan fingerprint density at radius 1 is 1.00 bits per heavy atom. The standard InChI is InChI=1S/C20H20N10O/c31-20(27-16-9-19(25-12-22-16)30-7-2-4-26-30)15-3-1-6-28(11-15)17-10-18(24-13-23-17)29-8-5-21-14-29/h2,4-5,7-10,12-15H,1,3,6,11H2,(H,22,25,27,31). The van der Waals surface area contributed by atoms with Crippen LogP contribution < -0.4 is 10.2 Å². The lowest BCUT2D eigenvalue weighted by Gasteiger charge is -2.32. The lowest BCUT2D eigenvalue weighted by atomic mass is 9.97. The molecule has 0 aliphatic carbocycles. The molecule has 1 saturated heterocycles. The Balaban J connectivity index is 1.28. The number of anilines is 2. The van der Waals surface area contributed by atoms with Crippen LogP contribution in [0.4, 0.5) is 11.6 Å². The average Bonchev–Trinajstić information content (AvgIpc) is 3.54. The van der Waals surface area contributed by atoms with E-state index in [1.54, 1.807) is 35.7 Å². The number of nitrogens with one attached hydrogen (secondary N) is 1. The first-order valence-corrected chi connectivity index (χ1v) is 9.94. The Hall–Kier alpha value is -4.15. The lowest BCUT2D eigenvalue weighted by Crippen LogP contribution is -2.41. The zero-order valence-corrected chi connectivity index (χ0v) is 16.6. The van der Waals surface area contributed by atoms with Gasteiger partial charge in [0, 0.05) is 50.0 Å². The molecular weight excluding hydrogens is 396 g/mol. The minimum absolute atomic E-state index is 0.0706. The molecule has 4 aromatic rings. The van der Waals surface area contributed by atoms with E-state index in [2.05, 4.69) is 40.2 Å². The van der Waals surface area contributed by atoms with Crippen molar-refractivity contribution in [2.24, 2.45) is 5.92 Å². The van der Waals surface area contributed by atoms with Crippen molar-refractivity contribution in [1.29, 1.82) is 0 Å². The maximum atomic E-state index is 12.9. The fraction of sp³-hybridized carbons (Fsp3) is 0.250. The van der Waals surface area contributed by atoms with Crippen LogP contribution in [0.15, 0.2) is 62.0 Å². The summed E-state index contributed by atoms with van der Waals surface area (Å²) in [5, 5.41) is 7.07. The summed E-state index contributed by atoms with van der Waals surface area (Å²) in [6, 6.07) is 5.42.